The van der Waals surface area contributed by atoms with Gasteiger partial charge in [0.2, 0.25) is 11.8 Å². The molecular formula is C19H23FN2O3. The number of amides is 1. The molecule has 1 aromatic heterocycles. The molecule has 3 heterocycles. The summed E-state index contributed by atoms with van der Waals surface area (Å²) < 4.78 is 25.0. The smallest absolute Gasteiger partial charge is 0.250 e. The second-order valence-electron chi connectivity index (χ2n) is 7.11. The van der Waals surface area contributed by atoms with Crippen LogP contribution < -0.4 is 4.74 Å². The van der Waals surface area contributed by atoms with Crippen LogP contribution in [0, 0.1) is 11.7 Å². The van der Waals surface area contributed by atoms with Crippen LogP contribution >= 0.6 is 0 Å². The Balaban J connectivity index is 1.30. The summed E-state index contributed by atoms with van der Waals surface area (Å²) in [5.74, 6) is 0.115. The van der Waals surface area contributed by atoms with Crippen LogP contribution in [0.2, 0.25) is 0 Å². The number of nitrogens with zero attached hydrogens (tertiary/aromatic N) is 2. The minimum atomic E-state index is -0.440. The molecule has 1 atom stereocenters. The second-order valence-corrected chi connectivity index (χ2v) is 7.11. The summed E-state index contributed by atoms with van der Waals surface area (Å²) in [4.78, 5) is 18.2. The lowest BCUT2D eigenvalue weighted by Gasteiger charge is -2.50. The largest absolute Gasteiger partial charge is 0.476 e. The summed E-state index contributed by atoms with van der Waals surface area (Å²) in [7, 11) is 0. The van der Waals surface area contributed by atoms with Gasteiger partial charge in [0.05, 0.1) is 19.7 Å². The third-order valence-electron chi connectivity index (χ3n) is 5.55. The van der Waals surface area contributed by atoms with Gasteiger partial charge in [-0.25, -0.2) is 9.37 Å². The Hall–Kier alpha value is -1.95. The van der Waals surface area contributed by atoms with Crippen molar-refractivity contribution >= 4 is 5.91 Å². The van der Waals surface area contributed by atoms with E-state index in [1.54, 1.807) is 6.07 Å². The Morgan fingerprint density at radius 1 is 1.48 bits per heavy atom. The molecule has 1 unspecified atom stereocenters. The SMILES string of the molecule is O=C(C1=CCCC1)N1CC2(C1)OCCC2CCOc1ncccc1F. The van der Waals surface area contributed by atoms with Crippen molar-refractivity contribution in [3.05, 3.63) is 35.8 Å². The van der Waals surface area contributed by atoms with Crippen molar-refractivity contribution in [1.82, 2.24) is 9.88 Å². The molecule has 1 aliphatic carbocycles. The fourth-order valence-electron chi connectivity index (χ4n) is 4.13. The van der Waals surface area contributed by atoms with Crippen LogP contribution in [0.4, 0.5) is 4.39 Å². The summed E-state index contributed by atoms with van der Waals surface area (Å²) in [6, 6.07) is 2.89. The second kappa shape index (κ2) is 6.75. The average molecular weight is 346 g/mol. The van der Waals surface area contributed by atoms with E-state index < -0.39 is 5.82 Å². The number of carbonyl (C=O) groups is 1. The van der Waals surface area contributed by atoms with Gasteiger partial charge < -0.3 is 14.4 Å². The predicted octanol–water partition coefficient (Wildman–Crippen LogP) is 2.72. The molecule has 0 aromatic carbocycles. The summed E-state index contributed by atoms with van der Waals surface area (Å²) in [6.07, 6.45) is 8.32. The number of hydrogen-bond donors (Lipinski definition) is 0. The number of likely N-dealkylation sites (tertiary alicyclic amines) is 1. The fourth-order valence-corrected chi connectivity index (χ4v) is 4.13. The molecule has 4 rings (SSSR count). The molecule has 25 heavy (non-hydrogen) atoms. The molecule has 1 spiro atoms. The van der Waals surface area contributed by atoms with Crippen molar-refractivity contribution in [3.63, 3.8) is 0 Å². The molecule has 2 aliphatic heterocycles. The Morgan fingerprint density at radius 2 is 2.36 bits per heavy atom. The minimum Gasteiger partial charge on any atom is -0.476 e. The highest BCUT2D eigenvalue weighted by Crippen LogP contribution is 2.42. The van der Waals surface area contributed by atoms with Gasteiger partial charge in [0.1, 0.15) is 5.60 Å². The van der Waals surface area contributed by atoms with E-state index in [-0.39, 0.29) is 17.4 Å². The van der Waals surface area contributed by atoms with Gasteiger partial charge in [0.25, 0.3) is 0 Å². The number of halogens is 1. The molecule has 3 aliphatic rings. The molecule has 0 N–H and O–H groups in total. The first-order valence-electron chi connectivity index (χ1n) is 9.03. The number of allylic oxidation sites excluding steroid dienone is 1. The lowest BCUT2D eigenvalue weighted by molar-refractivity contribution is -0.162. The van der Waals surface area contributed by atoms with Gasteiger partial charge in [-0.15, -0.1) is 0 Å². The zero-order valence-corrected chi connectivity index (χ0v) is 14.2. The lowest BCUT2D eigenvalue weighted by Crippen LogP contribution is -2.66. The van der Waals surface area contributed by atoms with E-state index in [0.717, 1.165) is 37.7 Å². The first-order chi connectivity index (χ1) is 12.2. The highest BCUT2D eigenvalue weighted by molar-refractivity contribution is 5.94. The number of carbonyl (C=O) groups excluding carboxylic acids is 1. The van der Waals surface area contributed by atoms with E-state index in [1.807, 2.05) is 4.90 Å². The quantitative estimate of drug-likeness (QED) is 0.823. The van der Waals surface area contributed by atoms with Gasteiger partial charge in [0, 0.05) is 18.4 Å². The van der Waals surface area contributed by atoms with E-state index in [9.17, 15) is 9.18 Å². The molecule has 5 nitrogen and oxygen atoms in total. The molecule has 134 valence electrons. The monoisotopic (exact) mass is 346 g/mol. The van der Waals surface area contributed by atoms with Gasteiger partial charge in [0.15, 0.2) is 5.82 Å². The summed E-state index contributed by atoms with van der Waals surface area (Å²) in [6.45, 7) is 2.44. The molecule has 1 aromatic rings. The molecule has 1 amide bonds. The maximum Gasteiger partial charge on any atom is 0.250 e. The third-order valence-corrected chi connectivity index (χ3v) is 5.55. The van der Waals surface area contributed by atoms with E-state index in [4.69, 9.17) is 9.47 Å². The third kappa shape index (κ3) is 3.15. The highest BCUT2D eigenvalue weighted by Gasteiger charge is 2.54. The van der Waals surface area contributed by atoms with Crippen LogP contribution in [0.25, 0.3) is 0 Å². The maximum absolute atomic E-state index is 13.5. The summed E-state index contributed by atoms with van der Waals surface area (Å²) in [5.41, 5.74) is 0.722. The fraction of sp³-hybridized carbons (Fsp3) is 0.579. The van der Waals surface area contributed by atoms with E-state index in [2.05, 4.69) is 11.1 Å². The van der Waals surface area contributed by atoms with Gasteiger partial charge in [-0.1, -0.05) is 6.08 Å². The zero-order chi connectivity index (χ0) is 17.3. The van der Waals surface area contributed by atoms with Crippen molar-refractivity contribution in [2.45, 2.75) is 37.7 Å². The molecule has 2 fully saturated rings. The van der Waals surface area contributed by atoms with Crippen LogP contribution in [0.15, 0.2) is 30.0 Å². The molecular weight excluding hydrogens is 323 g/mol. The van der Waals surface area contributed by atoms with Crippen molar-refractivity contribution in [1.29, 1.82) is 0 Å². The normalized spacial score (nSPS) is 24.3. The van der Waals surface area contributed by atoms with Crippen LogP contribution in [0.5, 0.6) is 5.88 Å². The van der Waals surface area contributed by atoms with Crippen molar-refractivity contribution in [2.24, 2.45) is 5.92 Å². The van der Waals surface area contributed by atoms with Crippen LogP contribution in [0.1, 0.15) is 32.1 Å². The van der Waals surface area contributed by atoms with Crippen molar-refractivity contribution < 1.29 is 18.7 Å². The van der Waals surface area contributed by atoms with Gasteiger partial charge in [-0.05, 0) is 50.2 Å². The molecule has 0 saturated carbocycles. The van der Waals surface area contributed by atoms with Gasteiger partial charge in [-0.3, -0.25) is 4.79 Å². The molecule has 0 radical (unpaired) electrons. The van der Waals surface area contributed by atoms with Crippen molar-refractivity contribution in [3.8, 4) is 5.88 Å². The Kier molecular flexibility index (Phi) is 4.46. The summed E-state index contributed by atoms with van der Waals surface area (Å²) in [5, 5.41) is 0. The first-order valence-corrected chi connectivity index (χ1v) is 9.03. The lowest BCUT2D eigenvalue weighted by atomic mass is 9.79. The zero-order valence-electron chi connectivity index (χ0n) is 14.2. The van der Waals surface area contributed by atoms with E-state index in [0.29, 0.717) is 32.2 Å². The number of aromatic nitrogens is 1. The Bertz CT molecular complexity index is 685. The molecule has 0 bridgehead atoms. The molecule has 2 saturated heterocycles. The summed E-state index contributed by atoms with van der Waals surface area (Å²) >= 11 is 0. The number of rotatable bonds is 5. The van der Waals surface area contributed by atoms with Crippen LogP contribution in [-0.2, 0) is 9.53 Å². The van der Waals surface area contributed by atoms with Gasteiger partial charge >= 0.3 is 0 Å². The van der Waals surface area contributed by atoms with E-state index in [1.165, 1.54) is 12.3 Å². The standard InChI is InChI=1S/C19H23FN2O3/c20-16-6-3-9-21-17(16)24-10-7-15-8-11-25-19(15)12-22(13-19)18(23)14-4-1-2-5-14/h3-4,6,9,15H,1-2,5,7-8,10-13H2. The molecule has 6 heteroatoms. The van der Waals surface area contributed by atoms with Crippen LogP contribution in [-0.4, -0.2) is 47.7 Å². The van der Waals surface area contributed by atoms with Crippen LogP contribution in [0.3, 0.4) is 0 Å². The number of ether oxygens (including phenoxy) is 2. The Morgan fingerprint density at radius 3 is 3.12 bits per heavy atom. The van der Waals surface area contributed by atoms with E-state index >= 15 is 0 Å². The topological polar surface area (TPSA) is 51.7 Å². The Labute approximate surface area is 146 Å². The first kappa shape index (κ1) is 16.5. The highest BCUT2D eigenvalue weighted by atomic mass is 19.1. The number of pyridine rings is 1. The number of hydrogen-bond acceptors (Lipinski definition) is 4. The predicted molar refractivity (Wildman–Crippen MR) is 89.6 cm³/mol. The van der Waals surface area contributed by atoms with Crippen molar-refractivity contribution in [2.75, 3.05) is 26.3 Å². The average Bonchev–Trinajstić information content (AvgIpc) is 3.24. The maximum atomic E-state index is 13.5. The van der Waals surface area contributed by atoms with Gasteiger partial charge in [-0.2, -0.15) is 0 Å². The minimum absolute atomic E-state index is 0.0500.